The summed E-state index contributed by atoms with van der Waals surface area (Å²) >= 11 is 0. The minimum atomic E-state index is 0.122. The fourth-order valence-electron chi connectivity index (χ4n) is 2.42. The summed E-state index contributed by atoms with van der Waals surface area (Å²) in [5.74, 6) is 0. The Labute approximate surface area is 101 Å². The summed E-state index contributed by atoms with van der Waals surface area (Å²) in [6.07, 6.45) is 3.19. The Balaban J connectivity index is 4.41. The third kappa shape index (κ3) is 4.04. The van der Waals surface area contributed by atoms with E-state index in [0.717, 1.165) is 39.0 Å². The molecule has 0 saturated heterocycles. The molecule has 0 aromatic carbocycles. The molecule has 2 atom stereocenters. The predicted octanol–water partition coefficient (Wildman–Crippen LogP) is 2.25. The molecule has 0 aromatic rings. The average molecular weight is 230 g/mol. The van der Waals surface area contributed by atoms with Gasteiger partial charge in [-0.15, -0.1) is 0 Å². The van der Waals surface area contributed by atoms with Crippen molar-refractivity contribution in [1.29, 1.82) is 0 Å². The zero-order valence-electron chi connectivity index (χ0n) is 11.8. The smallest absolute Gasteiger partial charge is 0.0462 e. The van der Waals surface area contributed by atoms with Crippen LogP contribution in [0.5, 0.6) is 0 Å². The largest absolute Gasteiger partial charge is 0.385 e. The standard InChI is InChI=1S/C13H30N2O/c1-6-13(4,15(7-2)8-3)12(14)10-9-11-16-5/h12H,6-11,14H2,1-5H3. The van der Waals surface area contributed by atoms with E-state index in [0.29, 0.717) is 0 Å². The maximum atomic E-state index is 6.36. The Hall–Kier alpha value is -0.120. The van der Waals surface area contributed by atoms with Crippen LogP contribution in [-0.2, 0) is 4.74 Å². The molecule has 98 valence electrons. The van der Waals surface area contributed by atoms with E-state index in [9.17, 15) is 0 Å². The highest BCUT2D eigenvalue weighted by molar-refractivity contribution is 4.93. The molecule has 0 aliphatic carbocycles. The van der Waals surface area contributed by atoms with Gasteiger partial charge in [-0.05, 0) is 39.3 Å². The SMILES string of the molecule is CCN(CC)C(C)(CC)C(N)CCCOC. The summed E-state index contributed by atoms with van der Waals surface area (Å²) in [6, 6.07) is 0.229. The first-order valence-electron chi connectivity index (χ1n) is 6.56. The molecule has 2 N–H and O–H groups in total. The molecule has 0 fully saturated rings. The Bertz CT molecular complexity index is 171. The van der Waals surface area contributed by atoms with Crippen LogP contribution in [0.4, 0.5) is 0 Å². The summed E-state index contributed by atoms with van der Waals surface area (Å²) in [4.78, 5) is 2.48. The van der Waals surface area contributed by atoms with Crippen LogP contribution in [0.3, 0.4) is 0 Å². The lowest BCUT2D eigenvalue weighted by Gasteiger charge is -2.44. The van der Waals surface area contributed by atoms with Crippen LogP contribution in [0, 0.1) is 0 Å². The summed E-state index contributed by atoms with van der Waals surface area (Å²) in [5, 5.41) is 0. The molecule has 0 amide bonds. The van der Waals surface area contributed by atoms with Crippen molar-refractivity contribution in [1.82, 2.24) is 4.90 Å². The van der Waals surface area contributed by atoms with Crippen LogP contribution in [0.1, 0.15) is 47.0 Å². The van der Waals surface area contributed by atoms with Gasteiger partial charge in [0.05, 0.1) is 0 Å². The van der Waals surface area contributed by atoms with E-state index in [2.05, 4.69) is 32.6 Å². The second-order valence-electron chi connectivity index (χ2n) is 4.62. The van der Waals surface area contributed by atoms with Gasteiger partial charge in [0, 0.05) is 25.3 Å². The third-order valence-corrected chi connectivity index (χ3v) is 3.86. The summed E-state index contributed by atoms with van der Waals surface area (Å²) in [5.41, 5.74) is 6.48. The van der Waals surface area contributed by atoms with Crippen molar-refractivity contribution < 1.29 is 4.74 Å². The minimum Gasteiger partial charge on any atom is -0.385 e. The number of hydrogen-bond acceptors (Lipinski definition) is 3. The molecular formula is C13H30N2O. The van der Waals surface area contributed by atoms with Crippen LogP contribution >= 0.6 is 0 Å². The topological polar surface area (TPSA) is 38.5 Å². The number of hydrogen-bond donors (Lipinski definition) is 1. The highest BCUT2D eigenvalue weighted by Crippen LogP contribution is 2.24. The molecule has 0 aromatic heterocycles. The van der Waals surface area contributed by atoms with Gasteiger partial charge in [-0.3, -0.25) is 4.90 Å². The van der Waals surface area contributed by atoms with Gasteiger partial charge >= 0.3 is 0 Å². The Kier molecular flexibility index (Phi) is 7.98. The lowest BCUT2D eigenvalue weighted by atomic mass is 9.85. The van der Waals surface area contributed by atoms with E-state index in [1.54, 1.807) is 7.11 Å². The number of ether oxygens (including phenoxy) is 1. The van der Waals surface area contributed by atoms with Crippen molar-refractivity contribution in [3.63, 3.8) is 0 Å². The van der Waals surface area contributed by atoms with Crippen molar-refractivity contribution in [2.45, 2.75) is 58.5 Å². The lowest BCUT2D eigenvalue weighted by molar-refractivity contribution is 0.0768. The highest BCUT2D eigenvalue weighted by Gasteiger charge is 2.33. The fourth-order valence-corrected chi connectivity index (χ4v) is 2.42. The van der Waals surface area contributed by atoms with Crippen molar-refractivity contribution >= 4 is 0 Å². The molecule has 0 bridgehead atoms. The quantitative estimate of drug-likeness (QED) is 0.617. The van der Waals surface area contributed by atoms with Crippen LogP contribution in [-0.4, -0.2) is 43.3 Å². The van der Waals surface area contributed by atoms with Crippen LogP contribution in [0.25, 0.3) is 0 Å². The van der Waals surface area contributed by atoms with Crippen molar-refractivity contribution in [3.05, 3.63) is 0 Å². The Morgan fingerprint density at radius 1 is 1.25 bits per heavy atom. The van der Waals surface area contributed by atoms with Crippen molar-refractivity contribution in [2.24, 2.45) is 5.73 Å². The van der Waals surface area contributed by atoms with Gasteiger partial charge in [0.1, 0.15) is 0 Å². The minimum absolute atomic E-state index is 0.122. The Morgan fingerprint density at radius 3 is 2.19 bits per heavy atom. The van der Waals surface area contributed by atoms with E-state index in [1.807, 2.05) is 0 Å². The summed E-state index contributed by atoms with van der Waals surface area (Å²) < 4.78 is 5.08. The molecule has 16 heavy (non-hydrogen) atoms. The van der Waals surface area contributed by atoms with Gasteiger partial charge in [-0.2, -0.15) is 0 Å². The molecule has 2 unspecified atom stereocenters. The molecule has 0 heterocycles. The molecule has 0 aliphatic heterocycles. The van der Waals surface area contributed by atoms with Gasteiger partial charge in [0.25, 0.3) is 0 Å². The van der Waals surface area contributed by atoms with Gasteiger partial charge in [0.2, 0.25) is 0 Å². The van der Waals surface area contributed by atoms with E-state index < -0.39 is 0 Å². The second kappa shape index (κ2) is 8.04. The van der Waals surface area contributed by atoms with Crippen molar-refractivity contribution in [2.75, 3.05) is 26.8 Å². The maximum Gasteiger partial charge on any atom is 0.0462 e. The number of rotatable bonds is 9. The lowest BCUT2D eigenvalue weighted by Crippen LogP contribution is -2.57. The molecule has 0 rings (SSSR count). The van der Waals surface area contributed by atoms with E-state index >= 15 is 0 Å². The molecule has 0 aliphatic rings. The highest BCUT2D eigenvalue weighted by atomic mass is 16.5. The second-order valence-corrected chi connectivity index (χ2v) is 4.62. The molecule has 0 radical (unpaired) electrons. The van der Waals surface area contributed by atoms with Crippen molar-refractivity contribution in [3.8, 4) is 0 Å². The number of methoxy groups -OCH3 is 1. The first kappa shape index (κ1) is 15.9. The molecule has 3 heteroatoms. The van der Waals surface area contributed by atoms with Crippen LogP contribution < -0.4 is 5.73 Å². The van der Waals surface area contributed by atoms with Gasteiger partial charge in [0.15, 0.2) is 0 Å². The van der Waals surface area contributed by atoms with E-state index in [1.165, 1.54) is 0 Å². The Morgan fingerprint density at radius 2 is 1.81 bits per heavy atom. The van der Waals surface area contributed by atoms with Gasteiger partial charge < -0.3 is 10.5 Å². The summed E-state index contributed by atoms with van der Waals surface area (Å²) in [7, 11) is 1.74. The van der Waals surface area contributed by atoms with Gasteiger partial charge in [-0.1, -0.05) is 20.8 Å². The molecule has 0 spiro atoms. The van der Waals surface area contributed by atoms with Crippen LogP contribution in [0.2, 0.25) is 0 Å². The fraction of sp³-hybridized carbons (Fsp3) is 1.00. The van der Waals surface area contributed by atoms with E-state index in [-0.39, 0.29) is 11.6 Å². The molecule has 3 nitrogen and oxygen atoms in total. The predicted molar refractivity (Wildman–Crippen MR) is 70.7 cm³/mol. The normalized spacial score (nSPS) is 17.4. The molecular weight excluding hydrogens is 200 g/mol. The van der Waals surface area contributed by atoms with Crippen LogP contribution in [0.15, 0.2) is 0 Å². The maximum absolute atomic E-state index is 6.36. The van der Waals surface area contributed by atoms with E-state index in [4.69, 9.17) is 10.5 Å². The molecule has 0 saturated carbocycles. The monoisotopic (exact) mass is 230 g/mol. The zero-order chi connectivity index (χ0) is 12.6. The average Bonchev–Trinajstić information content (AvgIpc) is 2.30. The first-order chi connectivity index (χ1) is 7.56. The third-order valence-electron chi connectivity index (χ3n) is 3.86. The zero-order valence-corrected chi connectivity index (χ0v) is 11.8. The number of nitrogens with zero attached hydrogens (tertiary/aromatic N) is 1. The number of likely N-dealkylation sites (N-methyl/N-ethyl adjacent to an activating group) is 1. The first-order valence-corrected chi connectivity index (χ1v) is 6.56. The summed E-state index contributed by atoms with van der Waals surface area (Å²) in [6.45, 7) is 11.9. The number of nitrogens with two attached hydrogens (primary N) is 1. The van der Waals surface area contributed by atoms with Gasteiger partial charge in [-0.25, -0.2) is 0 Å².